The predicted molar refractivity (Wildman–Crippen MR) is 82.1 cm³/mol. The number of fused-ring (bicyclic) bond motifs is 1. The van der Waals surface area contributed by atoms with Crippen LogP contribution in [0.25, 0.3) is 0 Å². The lowest BCUT2D eigenvalue weighted by Crippen LogP contribution is -2.29. The molecular formula is C16H20N2OS. The maximum atomic E-state index is 5.68. The standard InChI is InChI=1S/C16H20N2OS/c1-12(2)19-14-5-3-13(4-6-14)9-18-8-7-15-16(10-18)20-11-17-15/h3-6,11-12H,7-10H2,1-2H3. The summed E-state index contributed by atoms with van der Waals surface area (Å²) in [7, 11) is 0. The molecule has 106 valence electrons. The zero-order valence-corrected chi connectivity index (χ0v) is 12.8. The van der Waals surface area contributed by atoms with E-state index >= 15 is 0 Å². The van der Waals surface area contributed by atoms with E-state index in [0.29, 0.717) is 0 Å². The number of ether oxygens (including phenoxy) is 1. The molecule has 2 aromatic rings. The SMILES string of the molecule is CC(C)Oc1ccc(CN2CCc3ncsc3C2)cc1. The number of thiazole rings is 1. The lowest BCUT2D eigenvalue weighted by molar-refractivity contribution is 0.240. The number of benzene rings is 1. The molecular weight excluding hydrogens is 268 g/mol. The van der Waals surface area contributed by atoms with E-state index in [0.717, 1.165) is 31.8 Å². The Morgan fingerprint density at radius 3 is 2.85 bits per heavy atom. The van der Waals surface area contributed by atoms with Crippen LogP contribution < -0.4 is 4.74 Å². The lowest BCUT2D eigenvalue weighted by atomic mass is 10.1. The van der Waals surface area contributed by atoms with Crippen molar-refractivity contribution in [3.8, 4) is 5.75 Å². The summed E-state index contributed by atoms with van der Waals surface area (Å²) in [4.78, 5) is 8.32. The molecule has 1 aliphatic rings. The van der Waals surface area contributed by atoms with Gasteiger partial charge in [0.2, 0.25) is 0 Å². The van der Waals surface area contributed by atoms with Crippen LogP contribution in [0.4, 0.5) is 0 Å². The van der Waals surface area contributed by atoms with E-state index < -0.39 is 0 Å². The topological polar surface area (TPSA) is 25.4 Å². The van der Waals surface area contributed by atoms with E-state index in [1.54, 1.807) is 11.3 Å². The molecule has 0 spiro atoms. The fourth-order valence-electron chi connectivity index (χ4n) is 2.51. The van der Waals surface area contributed by atoms with Gasteiger partial charge in [0.1, 0.15) is 5.75 Å². The Hall–Kier alpha value is -1.39. The van der Waals surface area contributed by atoms with Crippen LogP contribution in [0.2, 0.25) is 0 Å². The maximum absolute atomic E-state index is 5.68. The molecule has 2 heterocycles. The van der Waals surface area contributed by atoms with Crippen LogP contribution in [-0.2, 0) is 19.5 Å². The van der Waals surface area contributed by atoms with Crippen molar-refractivity contribution in [3.05, 3.63) is 45.9 Å². The Balaban J connectivity index is 1.61. The van der Waals surface area contributed by atoms with Gasteiger partial charge in [-0.2, -0.15) is 0 Å². The number of aromatic nitrogens is 1. The molecule has 0 amide bonds. The highest BCUT2D eigenvalue weighted by atomic mass is 32.1. The minimum atomic E-state index is 0.229. The highest BCUT2D eigenvalue weighted by Gasteiger charge is 2.18. The molecule has 0 aliphatic carbocycles. The predicted octanol–water partition coefficient (Wildman–Crippen LogP) is 3.49. The quantitative estimate of drug-likeness (QED) is 0.861. The number of nitrogens with zero attached hydrogens (tertiary/aromatic N) is 2. The van der Waals surface area contributed by atoms with Crippen LogP contribution in [0.15, 0.2) is 29.8 Å². The molecule has 1 aliphatic heterocycles. The first-order valence-corrected chi connectivity index (χ1v) is 7.98. The second-order valence-corrected chi connectivity index (χ2v) is 6.43. The molecule has 0 bridgehead atoms. The zero-order valence-electron chi connectivity index (χ0n) is 12.0. The number of hydrogen-bond donors (Lipinski definition) is 0. The first kappa shape index (κ1) is 13.6. The smallest absolute Gasteiger partial charge is 0.119 e. The molecule has 3 nitrogen and oxygen atoms in total. The van der Waals surface area contributed by atoms with Crippen molar-refractivity contribution in [1.82, 2.24) is 9.88 Å². The summed E-state index contributed by atoms with van der Waals surface area (Å²) in [5.41, 5.74) is 4.60. The summed E-state index contributed by atoms with van der Waals surface area (Å²) in [6.07, 6.45) is 1.31. The molecule has 1 aromatic heterocycles. The molecule has 0 radical (unpaired) electrons. The van der Waals surface area contributed by atoms with Gasteiger partial charge in [-0.05, 0) is 31.5 Å². The summed E-state index contributed by atoms with van der Waals surface area (Å²) < 4.78 is 5.68. The van der Waals surface area contributed by atoms with E-state index in [4.69, 9.17) is 4.74 Å². The monoisotopic (exact) mass is 288 g/mol. The molecule has 0 saturated carbocycles. The van der Waals surface area contributed by atoms with Crippen LogP contribution >= 0.6 is 11.3 Å². The average Bonchev–Trinajstić information content (AvgIpc) is 2.88. The first-order chi connectivity index (χ1) is 9.70. The normalized spacial score (nSPS) is 15.3. The third-order valence-electron chi connectivity index (χ3n) is 3.46. The van der Waals surface area contributed by atoms with E-state index in [1.165, 1.54) is 16.1 Å². The van der Waals surface area contributed by atoms with Crippen molar-refractivity contribution in [2.45, 2.75) is 39.5 Å². The highest BCUT2D eigenvalue weighted by molar-refractivity contribution is 7.09. The highest BCUT2D eigenvalue weighted by Crippen LogP contribution is 2.23. The molecule has 0 N–H and O–H groups in total. The third-order valence-corrected chi connectivity index (χ3v) is 4.32. The van der Waals surface area contributed by atoms with Crippen LogP contribution in [0.5, 0.6) is 5.75 Å². The molecule has 0 unspecified atom stereocenters. The fraction of sp³-hybridized carbons (Fsp3) is 0.438. The van der Waals surface area contributed by atoms with Gasteiger partial charge >= 0.3 is 0 Å². The minimum absolute atomic E-state index is 0.229. The maximum Gasteiger partial charge on any atom is 0.119 e. The summed E-state index contributed by atoms with van der Waals surface area (Å²) in [5, 5.41) is 0. The van der Waals surface area contributed by atoms with Gasteiger partial charge < -0.3 is 4.74 Å². The molecule has 20 heavy (non-hydrogen) atoms. The van der Waals surface area contributed by atoms with E-state index in [2.05, 4.69) is 34.1 Å². The van der Waals surface area contributed by atoms with Crippen molar-refractivity contribution in [2.75, 3.05) is 6.54 Å². The Labute approximate surface area is 124 Å². The Kier molecular flexibility index (Phi) is 4.03. The summed E-state index contributed by atoms with van der Waals surface area (Å²) in [6, 6.07) is 8.47. The van der Waals surface area contributed by atoms with Gasteiger partial charge in [0, 0.05) is 30.9 Å². The van der Waals surface area contributed by atoms with Crippen molar-refractivity contribution >= 4 is 11.3 Å². The van der Waals surface area contributed by atoms with E-state index in [-0.39, 0.29) is 6.10 Å². The molecule has 4 heteroatoms. The van der Waals surface area contributed by atoms with Gasteiger partial charge in [-0.1, -0.05) is 12.1 Å². The van der Waals surface area contributed by atoms with Gasteiger partial charge in [0.25, 0.3) is 0 Å². The zero-order chi connectivity index (χ0) is 13.9. The Morgan fingerprint density at radius 1 is 1.30 bits per heavy atom. The van der Waals surface area contributed by atoms with Crippen LogP contribution in [0.3, 0.4) is 0 Å². The first-order valence-electron chi connectivity index (χ1n) is 7.10. The van der Waals surface area contributed by atoms with Gasteiger partial charge in [-0.3, -0.25) is 4.90 Å². The lowest BCUT2D eigenvalue weighted by Gasteiger charge is -2.26. The van der Waals surface area contributed by atoms with Crippen LogP contribution in [0.1, 0.15) is 30.0 Å². The largest absolute Gasteiger partial charge is 0.491 e. The third kappa shape index (κ3) is 3.19. The number of rotatable bonds is 4. The van der Waals surface area contributed by atoms with Gasteiger partial charge in [0.15, 0.2) is 0 Å². The fourth-order valence-corrected chi connectivity index (χ4v) is 3.37. The molecule has 0 saturated heterocycles. The summed E-state index contributed by atoms with van der Waals surface area (Å²) >= 11 is 1.78. The second-order valence-electron chi connectivity index (χ2n) is 5.49. The van der Waals surface area contributed by atoms with E-state index in [1.807, 2.05) is 19.4 Å². The van der Waals surface area contributed by atoms with Gasteiger partial charge in [-0.25, -0.2) is 4.98 Å². The van der Waals surface area contributed by atoms with Gasteiger partial charge in [0.05, 0.1) is 17.3 Å². The molecule has 1 aromatic carbocycles. The summed E-state index contributed by atoms with van der Waals surface area (Å²) in [6.45, 7) is 7.23. The van der Waals surface area contributed by atoms with Crippen molar-refractivity contribution < 1.29 is 4.74 Å². The van der Waals surface area contributed by atoms with Crippen LogP contribution in [0, 0.1) is 0 Å². The number of hydrogen-bond acceptors (Lipinski definition) is 4. The Bertz CT molecular complexity index is 562. The molecule has 0 atom stereocenters. The van der Waals surface area contributed by atoms with Crippen molar-refractivity contribution in [3.63, 3.8) is 0 Å². The van der Waals surface area contributed by atoms with Crippen LogP contribution in [-0.4, -0.2) is 22.5 Å². The minimum Gasteiger partial charge on any atom is -0.491 e. The summed E-state index contributed by atoms with van der Waals surface area (Å²) in [5.74, 6) is 0.951. The average molecular weight is 288 g/mol. The van der Waals surface area contributed by atoms with E-state index in [9.17, 15) is 0 Å². The van der Waals surface area contributed by atoms with Gasteiger partial charge in [-0.15, -0.1) is 11.3 Å². The molecule has 3 rings (SSSR count). The van der Waals surface area contributed by atoms with Crippen molar-refractivity contribution in [1.29, 1.82) is 0 Å². The second kappa shape index (κ2) is 5.94. The molecule has 0 fully saturated rings. The van der Waals surface area contributed by atoms with Crippen molar-refractivity contribution in [2.24, 2.45) is 0 Å². The Morgan fingerprint density at radius 2 is 2.10 bits per heavy atom.